The number of nitrogen functional groups attached to an aromatic ring is 1. The van der Waals surface area contributed by atoms with Gasteiger partial charge in [0.15, 0.2) is 0 Å². The van der Waals surface area contributed by atoms with Crippen molar-refractivity contribution in [3.8, 4) is 0 Å². The highest BCUT2D eigenvalue weighted by molar-refractivity contribution is 9.10. The second-order valence-electron chi connectivity index (χ2n) is 4.05. The van der Waals surface area contributed by atoms with Gasteiger partial charge in [0.05, 0.1) is 0 Å². The molecule has 19 heavy (non-hydrogen) atoms. The van der Waals surface area contributed by atoms with Crippen LogP contribution < -0.4 is 11.1 Å². The molecule has 1 amide bonds. The van der Waals surface area contributed by atoms with E-state index in [0.29, 0.717) is 17.8 Å². The van der Waals surface area contributed by atoms with Crippen LogP contribution >= 0.6 is 15.9 Å². The van der Waals surface area contributed by atoms with Gasteiger partial charge in [0.25, 0.3) is 5.91 Å². The second kappa shape index (κ2) is 5.84. The van der Waals surface area contributed by atoms with Crippen LogP contribution in [0.2, 0.25) is 0 Å². The Balaban J connectivity index is 2.01. The molecule has 2 rings (SSSR count). The first-order valence-corrected chi connectivity index (χ1v) is 6.43. The van der Waals surface area contributed by atoms with Crippen LogP contribution in [0.25, 0.3) is 0 Å². The summed E-state index contributed by atoms with van der Waals surface area (Å²) in [5.41, 5.74) is 7.54. The lowest BCUT2D eigenvalue weighted by Gasteiger charge is -2.07. The van der Waals surface area contributed by atoms with Crippen LogP contribution in [0.1, 0.15) is 15.9 Å². The van der Waals surface area contributed by atoms with E-state index in [4.69, 9.17) is 5.73 Å². The van der Waals surface area contributed by atoms with Gasteiger partial charge in [0.2, 0.25) is 0 Å². The van der Waals surface area contributed by atoms with Crippen LogP contribution in [0.5, 0.6) is 0 Å². The highest BCUT2D eigenvalue weighted by atomic mass is 79.9. The number of rotatable bonds is 3. The van der Waals surface area contributed by atoms with Crippen LogP contribution in [0.3, 0.4) is 0 Å². The zero-order valence-corrected chi connectivity index (χ0v) is 11.6. The molecule has 0 heterocycles. The van der Waals surface area contributed by atoms with E-state index in [1.165, 1.54) is 12.1 Å². The Labute approximate surface area is 118 Å². The van der Waals surface area contributed by atoms with Crippen LogP contribution in [-0.4, -0.2) is 5.91 Å². The minimum atomic E-state index is -0.296. The maximum Gasteiger partial charge on any atom is 0.251 e. The molecule has 5 heteroatoms. The van der Waals surface area contributed by atoms with Crippen molar-refractivity contribution < 1.29 is 9.18 Å². The van der Waals surface area contributed by atoms with Crippen LogP contribution in [-0.2, 0) is 6.54 Å². The molecule has 0 saturated carbocycles. The summed E-state index contributed by atoms with van der Waals surface area (Å²) >= 11 is 3.27. The maximum atomic E-state index is 12.7. The Morgan fingerprint density at radius 1 is 1.21 bits per heavy atom. The quantitative estimate of drug-likeness (QED) is 0.853. The molecule has 0 atom stereocenters. The molecule has 3 N–H and O–H groups in total. The first-order valence-electron chi connectivity index (χ1n) is 5.64. The van der Waals surface area contributed by atoms with E-state index in [1.807, 2.05) is 0 Å². The monoisotopic (exact) mass is 322 g/mol. The molecule has 2 aromatic carbocycles. The second-order valence-corrected chi connectivity index (χ2v) is 4.90. The largest absolute Gasteiger partial charge is 0.398 e. The number of carbonyl (C=O) groups excluding carboxylic acids is 1. The molecule has 2 aromatic rings. The topological polar surface area (TPSA) is 55.1 Å². The van der Waals surface area contributed by atoms with Gasteiger partial charge < -0.3 is 11.1 Å². The summed E-state index contributed by atoms with van der Waals surface area (Å²) in [6.07, 6.45) is 0. The number of halogens is 2. The molecule has 3 nitrogen and oxygen atoms in total. The molecular weight excluding hydrogens is 311 g/mol. The smallest absolute Gasteiger partial charge is 0.251 e. The average Bonchev–Trinajstić information content (AvgIpc) is 2.41. The van der Waals surface area contributed by atoms with Crippen molar-refractivity contribution in [3.63, 3.8) is 0 Å². The van der Waals surface area contributed by atoms with Crippen molar-refractivity contribution in [2.45, 2.75) is 6.54 Å². The summed E-state index contributed by atoms with van der Waals surface area (Å²) in [5, 5.41) is 2.75. The third kappa shape index (κ3) is 3.54. The fourth-order valence-corrected chi connectivity index (χ4v) is 1.82. The fourth-order valence-electron chi connectivity index (χ4n) is 1.57. The number of nitrogens with one attached hydrogen (secondary N) is 1. The van der Waals surface area contributed by atoms with Crippen molar-refractivity contribution in [2.75, 3.05) is 5.73 Å². The lowest BCUT2D eigenvalue weighted by Crippen LogP contribution is -2.22. The van der Waals surface area contributed by atoms with Gasteiger partial charge in [0.1, 0.15) is 5.82 Å². The summed E-state index contributed by atoms with van der Waals surface area (Å²) in [5.74, 6) is -0.515. The highest BCUT2D eigenvalue weighted by Crippen LogP contribution is 2.20. The number of nitrogens with two attached hydrogens (primary N) is 1. The maximum absolute atomic E-state index is 12.7. The standard InChI is InChI=1S/C14H12BrFN2O/c15-12-6-3-10(7-13(12)17)14(19)18-8-9-1-4-11(16)5-2-9/h1-7H,8,17H2,(H,18,19). The Bertz CT molecular complexity index is 599. The van der Waals surface area contributed by atoms with Crippen molar-refractivity contribution in [1.29, 1.82) is 0 Å². The van der Waals surface area contributed by atoms with E-state index >= 15 is 0 Å². The Hall–Kier alpha value is -1.88. The number of hydrogen-bond acceptors (Lipinski definition) is 2. The van der Waals surface area contributed by atoms with Crippen LogP contribution in [0, 0.1) is 5.82 Å². The molecule has 0 bridgehead atoms. The van der Waals surface area contributed by atoms with Crippen molar-refractivity contribution in [3.05, 3.63) is 63.9 Å². The number of carbonyl (C=O) groups is 1. The molecule has 0 spiro atoms. The number of anilines is 1. The zero-order chi connectivity index (χ0) is 13.8. The zero-order valence-electron chi connectivity index (χ0n) is 9.99. The summed E-state index contributed by atoms with van der Waals surface area (Å²) in [6, 6.07) is 11.0. The average molecular weight is 323 g/mol. The molecule has 0 aliphatic rings. The molecule has 98 valence electrons. The first kappa shape index (κ1) is 13.5. The lowest BCUT2D eigenvalue weighted by molar-refractivity contribution is 0.0951. The molecule has 0 saturated heterocycles. The highest BCUT2D eigenvalue weighted by Gasteiger charge is 2.07. The van der Waals surface area contributed by atoms with Gasteiger partial charge in [-0.2, -0.15) is 0 Å². The van der Waals surface area contributed by atoms with Crippen LogP contribution in [0.15, 0.2) is 46.9 Å². The van der Waals surface area contributed by atoms with Crippen molar-refractivity contribution in [1.82, 2.24) is 5.32 Å². The molecule has 0 unspecified atom stereocenters. The fraction of sp³-hybridized carbons (Fsp3) is 0.0714. The Morgan fingerprint density at radius 2 is 1.89 bits per heavy atom. The molecule has 0 aromatic heterocycles. The van der Waals surface area contributed by atoms with E-state index in [1.54, 1.807) is 30.3 Å². The molecule has 0 radical (unpaired) electrons. The predicted molar refractivity (Wildman–Crippen MR) is 76.1 cm³/mol. The summed E-state index contributed by atoms with van der Waals surface area (Å²) in [4.78, 5) is 11.9. The lowest BCUT2D eigenvalue weighted by atomic mass is 10.1. The number of hydrogen-bond donors (Lipinski definition) is 2. The van der Waals surface area contributed by atoms with Gasteiger partial charge in [-0.3, -0.25) is 4.79 Å². The molecular formula is C14H12BrFN2O. The third-order valence-corrected chi connectivity index (χ3v) is 3.35. The van der Waals surface area contributed by atoms with E-state index < -0.39 is 0 Å². The van der Waals surface area contributed by atoms with Gasteiger partial charge in [0, 0.05) is 22.3 Å². The predicted octanol–water partition coefficient (Wildman–Crippen LogP) is 3.10. The Kier molecular flexibility index (Phi) is 4.16. The number of amides is 1. The summed E-state index contributed by atoms with van der Waals surface area (Å²) in [6.45, 7) is 0.342. The minimum absolute atomic E-state index is 0.219. The summed E-state index contributed by atoms with van der Waals surface area (Å²) in [7, 11) is 0. The Morgan fingerprint density at radius 3 is 2.53 bits per heavy atom. The van der Waals surface area contributed by atoms with Crippen LogP contribution in [0.4, 0.5) is 10.1 Å². The van der Waals surface area contributed by atoms with Gasteiger partial charge in [-0.25, -0.2) is 4.39 Å². The normalized spacial score (nSPS) is 10.2. The molecule has 0 fully saturated rings. The third-order valence-electron chi connectivity index (χ3n) is 2.62. The molecule has 0 aliphatic carbocycles. The molecule has 0 aliphatic heterocycles. The van der Waals surface area contributed by atoms with Gasteiger partial charge in [-0.15, -0.1) is 0 Å². The van der Waals surface area contributed by atoms with Gasteiger partial charge in [-0.05, 0) is 51.8 Å². The minimum Gasteiger partial charge on any atom is -0.398 e. The van der Waals surface area contributed by atoms with Gasteiger partial charge in [-0.1, -0.05) is 12.1 Å². The first-order chi connectivity index (χ1) is 9.06. The van der Waals surface area contributed by atoms with Crippen molar-refractivity contribution >= 4 is 27.5 Å². The van der Waals surface area contributed by atoms with Crippen molar-refractivity contribution in [2.24, 2.45) is 0 Å². The van der Waals surface area contributed by atoms with E-state index in [-0.39, 0.29) is 11.7 Å². The van der Waals surface area contributed by atoms with E-state index in [9.17, 15) is 9.18 Å². The van der Waals surface area contributed by atoms with Gasteiger partial charge >= 0.3 is 0 Å². The van der Waals surface area contributed by atoms with E-state index in [2.05, 4.69) is 21.2 Å². The van der Waals surface area contributed by atoms with E-state index in [0.717, 1.165) is 10.0 Å². The number of benzene rings is 2. The summed E-state index contributed by atoms with van der Waals surface area (Å²) < 4.78 is 13.5. The SMILES string of the molecule is Nc1cc(C(=O)NCc2ccc(F)cc2)ccc1Br.